The second kappa shape index (κ2) is 6.10. The van der Waals surface area contributed by atoms with E-state index in [1.807, 2.05) is 21.4 Å². The van der Waals surface area contributed by atoms with Gasteiger partial charge in [0.25, 0.3) is 0 Å². The molecule has 0 aromatic carbocycles. The van der Waals surface area contributed by atoms with E-state index < -0.39 is 0 Å². The first-order valence-corrected chi connectivity index (χ1v) is 8.24. The number of thiazole rings is 1. The van der Waals surface area contributed by atoms with Gasteiger partial charge in [-0.1, -0.05) is 0 Å². The highest BCUT2D eigenvalue weighted by atomic mass is 32.1. The van der Waals surface area contributed by atoms with Crippen LogP contribution in [0.5, 0.6) is 0 Å². The summed E-state index contributed by atoms with van der Waals surface area (Å²) in [4.78, 5) is 23.2. The number of carbonyl (C=O) groups is 1. The number of piperazine rings is 1. The van der Waals surface area contributed by atoms with E-state index in [4.69, 9.17) is 0 Å². The zero-order valence-electron chi connectivity index (χ0n) is 12.0. The number of hydrogen-bond donors (Lipinski definition) is 0. The molecule has 1 aromatic rings. The molecule has 3 rings (SSSR count). The molecule has 6 heteroatoms. The van der Waals surface area contributed by atoms with E-state index in [1.54, 1.807) is 11.3 Å². The van der Waals surface area contributed by atoms with Crippen LogP contribution in [0.2, 0.25) is 0 Å². The molecule has 2 amide bonds. The number of likely N-dealkylation sites (N-methyl/N-ethyl adjacent to an activating group) is 1. The maximum atomic E-state index is 12.5. The van der Waals surface area contributed by atoms with Crippen molar-refractivity contribution in [3.05, 3.63) is 16.6 Å². The first-order valence-electron chi connectivity index (χ1n) is 7.36. The fourth-order valence-electron chi connectivity index (χ4n) is 2.95. The molecule has 2 aliphatic rings. The summed E-state index contributed by atoms with van der Waals surface area (Å²) in [6, 6.07) is 0.232. The minimum atomic E-state index is 0.232. The summed E-state index contributed by atoms with van der Waals surface area (Å²) in [5.41, 5.74) is 0. The first kappa shape index (κ1) is 13.8. The highest BCUT2D eigenvalue weighted by Crippen LogP contribution is 2.29. The van der Waals surface area contributed by atoms with Crippen LogP contribution in [-0.4, -0.2) is 72.0 Å². The van der Waals surface area contributed by atoms with E-state index in [-0.39, 0.29) is 6.03 Å². The van der Waals surface area contributed by atoms with Gasteiger partial charge < -0.3 is 14.7 Å². The zero-order valence-corrected chi connectivity index (χ0v) is 12.8. The Bertz CT molecular complexity index is 434. The molecule has 1 aromatic heterocycles. The van der Waals surface area contributed by atoms with Crippen LogP contribution in [0.1, 0.15) is 23.8 Å². The SMILES string of the molecule is CN1CCN(C(=O)N2CCC(c3nccs3)CC2)CC1. The van der Waals surface area contributed by atoms with Crippen LogP contribution in [0.25, 0.3) is 0 Å². The van der Waals surface area contributed by atoms with Crippen molar-refractivity contribution < 1.29 is 4.79 Å². The van der Waals surface area contributed by atoms with Gasteiger partial charge in [-0.15, -0.1) is 11.3 Å². The number of hydrogen-bond acceptors (Lipinski definition) is 4. The zero-order chi connectivity index (χ0) is 13.9. The molecule has 0 N–H and O–H groups in total. The molecule has 0 unspecified atom stereocenters. The summed E-state index contributed by atoms with van der Waals surface area (Å²) in [5, 5.41) is 3.27. The molecule has 0 atom stereocenters. The van der Waals surface area contributed by atoms with Crippen molar-refractivity contribution in [3.63, 3.8) is 0 Å². The van der Waals surface area contributed by atoms with Gasteiger partial charge in [0.1, 0.15) is 0 Å². The number of likely N-dealkylation sites (tertiary alicyclic amines) is 1. The highest BCUT2D eigenvalue weighted by molar-refractivity contribution is 7.09. The summed E-state index contributed by atoms with van der Waals surface area (Å²) in [6.07, 6.45) is 3.97. The lowest BCUT2D eigenvalue weighted by Crippen LogP contribution is -2.53. The Balaban J connectivity index is 1.51. The predicted molar refractivity (Wildman–Crippen MR) is 80.1 cm³/mol. The molecule has 2 aliphatic heterocycles. The van der Waals surface area contributed by atoms with Crippen molar-refractivity contribution in [1.29, 1.82) is 0 Å². The normalized spacial score (nSPS) is 22.2. The maximum absolute atomic E-state index is 12.5. The molecule has 3 heterocycles. The van der Waals surface area contributed by atoms with Crippen molar-refractivity contribution in [3.8, 4) is 0 Å². The molecule has 2 saturated heterocycles. The van der Waals surface area contributed by atoms with Crippen LogP contribution < -0.4 is 0 Å². The van der Waals surface area contributed by atoms with Crippen LogP contribution >= 0.6 is 11.3 Å². The van der Waals surface area contributed by atoms with E-state index in [0.29, 0.717) is 5.92 Å². The van der Waals surface area contributed by atoms with E-state index >= 15 is 0 Å². The van der Waals surface area contributed by atoms with Crippen molar-refractivity contribution in [2.24, 2.45) is 0 Å². The summed E-state index contributed by atoms with van der Waals surface area (Å²) in [6.45, 7) is 5.44. The standard InChI is InChI=1S/C14H22N4OS/c1-16-7-9-18(10-8-16)14(19)17-5-2-12(3-6-17)13-15-4-11-20-13/h4,11-12H,2-3,5-10H2,1H3. The van der Waals surface area contributed by atoms with Crippen LogP contribution in [-0.2, 0) is 0 Å². The molecule has 0 aliphatic carbocycles. The minimum absolute atomic E-state index is 0.232. The van der Waals surface area contributed by atoms with E-state index in [9.17, 15) is 4.79 Å². The van der Waals surface area contributed by atoms with Crippen molar-refractivity contribution in [1.82, 2.24) is 19.7 Å². The van der Waals surface area contributed by atoms with Gasteiger partial charge in [0.15, 0.2) is 0 Å². The Morgan fingerprint density at radius 1 is 1.15 bits per heavy atom. The summed E-state index contributed by atoms with van der Waals surface area (Å²) in [7, 11) is 2.11. The Labute approximate surface area is 124 Å². The molecular weight excluding hydrogens is 272 g/mol. The molecule has 0 spiro atoms. The third-order valence-electron chi connectivity index (χ3n) is 4.34. The van der Waals surface area contributed by atoms with Crippen molar-refractivity contribution >= 4 is 17.4 Å². The third kappa shape index (κ3) is 2.96. The smallest absolute Gasteiger partial charge is 0.320 e. The number of urea groups is 1. The number of carbonyl (C=O) groups excluding carboxylic acids is 1. The van der Waals surface area contributed by atoms with Crippen LogP contribution in [0.15, 0.2) is 11.6 Å². The minimum Gasteiger partial charge on any atom is -0.325 e. The molecular formula is C14H22N4OS. The van der Waals surface area contributed by atoms with E-state index in [2.05, 4.69) is 16.9 Å². The second-order valence-corrected chi connectivity index (χ2v) is 6.63. The van der Waals surface area contributed by atoms with Gasteiger partial charge in [-0.25, -0.2) is 9.78 Å². The lowest BCUT2D eigenvalue weighted by atomic mass is 9.98. The average molecular weight is 294 g/mol. The number of piperidine rings is 1. The molecule has 110 valence electrons. The fraction of sp³-hybridized carbons (Fsp3) is 0.714. The lowest BCUT2D eigenvalue weighted by molar-refractivity contribution is 0.113. The summed E-state index contributed by atoms with van der Waals surface area (Å²) < 4.78 is 0. The third-order valence-corrected chi connectivity index (χ3v) is 5.28. The van der Waals surface area contributed by atoms with Crippen molar-refractivity contribution in [2.45, 2.75) is 18.8 Å². The Kier molecular flexibility index (Phi) is 4.21. The van der Waals surface area contributed by atoms with Crippen LogP contribution in [0.4, 0.5) is 4.79 Å². The molecule has 0 bridgehead atoms. The van der Waals surface area contributed by atoms with Gasteiger partial charge in [-0.2, -0.15) is 0 Å². The predicted octanol–water partition coefficient (Wildman–Crippen LogP) is 1.69. The monoisotopic (exact) mass is 294 g/mol. The quantitative estimate of drug-likeness (QED) is 0.791. The van der Waals surface area contributed by atoms with Gasteiger partial charge in [0.05, 0.1) is 5.01 Å². The van der Waals surface area contributed by atoms with E-state index in [0.717, 1.165) is 52.1 Å². The molecule has 5 nitrogen and oxygen atoms in total. The Morgan fingerprint density at radius 2 is 1.80 bits per heavy atom. The lowest BCUT2D eigenvalue weighted by Gasteiger charge is -2.38. The summed E-state index contributed by atoms with van der Waals surface area (Å²) >= 11 is 1.74. The highest BCUT2D eigenvalue weighted by Gasteiger charge is 2.29. The van der Waals surface area contributed by atoms with Gasteiger partial charge in [-0.05, 0) is 19.9 Å². The maximum Gasteiger partial charge on any atom is 0.320 e. The first-order chi connectivity index (χ1) is 9.74. The van der Waals surface area contributed by atoms with E-state index in [1.165, 1.54) is 5.01 Å². The number of rotatable bonds is 1. The van der Waals surface area contributed by atoms with Crippen LogP contribution in [0.3, 0.4) is 0 Å². The Morgan fingerprint density at radius 3 is 2.40 bits per heavy atom. The number of amides is 2. The van der Waals surface area contributed by atoms with Gasteiger partial charge in [0.2, 0.25) is 0 Å². The topological polar surface area (TPSA) is 39.7 Å². The van der Waals surface area contributed by atoms with Crippen LogP contribution in [0, 0.1) is 0 Å². The number of nitrogens with zero attached hydrogens (tertiary/aromatic N) is 4. The molecule has 2 fully saturated rings. The largest absolute Gasteiger partial charge is 0.325 e. The number of aromatic nitrogens is 1. The average Bonchev–Trinajstić information content (AvgIpc) is 3.02. The molecule has 20 heavy (non-hydrogen) atoms. The molecule has 0 saturated carbocycles. The van der Waals surface area contributed by atoms with Crippen molar-refractivity contribution in [2.75, 3.05) is 46.3 Å². The van der Waals surface area contributed by atoms with Gasteiger partial charge in [-0.3, -0.25) is 0 Å². The second-order valence-electron chi connectivity index (χ2n) is 5.70. The fourth-order valence-corrected chi connectivity index (χ4v) is 3.76. The summed E-state index contributed by atoms with van der Waals surface area (Å²) in [5.74, 6) is 0.548. The Hall–Kier alpha value is -1.14. The molecule has 0 radical (unpaired) electrons. The van der Waals surface area contributed by atoms with Gasteiger partial charge in [0, 0.05) is 56.8 Å². The van der Waals surface area contributed by atoms with Gasteiger partial charge >= 0.3 is 6.03 Å².